The highest BCUT2D eigenvalue weighted by atomic mass is 20.0. The Kier molecular flexibility index (Phi) is 46.9. The Morgan fingerprint density at radius 1 is 1.05 bits per heavy atom. The summed E-state index contributed by atoms with van der Waals surface area (Å²) in [7, 11) is 0. The third-order valence-corrected chi connectivity index (χ3v) is 0.899. The van der Waals surface area contributed by atoms with E-state index in [9.17, 15) is 4.79 Å². The van der Waals surface area contributed by atoms with Gasteiger partial charge in [-0.25, -0.2) is 0 Å². The van der Waals surface area contributed by atoms with Crippen molar-refractivity contribution in [3.05, 3.63) is 10.4 Å². The molecule has 0 amide bonds. The number of carbonyl (C=O) groups is 1. The van der Waals surface area contributed by atoms with Gasteiger partial charge in [0.05, 0.1) is 6.42 Å². The Labute approximate surface area is 108 Å². The van der Waals surface area contributed by atoms with Gasteiger partial charge in [-0.05, 0) is 26.3 Å². The molecule has 0 unspecified atom stereocenters. The number of hydrogen-bond acceptors (Lipinski definition) is 3. The van der Waals surface area contributed by atoms with Gasteiger partial charge in [-0.15, -0.1) is 0 Å². The maximum Gasteiger partial charge on any atom is 0.306 e. The minimum absolute atomic E-state index is 0.140. The number of rotatable bonds is 3. The van der Waals surface area contributed by atoms with E-state index in [4.69, 9.17) is 46.9 Å². The van der Waals surface area contributed by atoms with Crippen LogP contribution in [0.4, 0.5) is 36.6 Å². The van der Waals surface area contributed by atoms with E-state index in [2.05, 4.69) is 10.0 Å². The molecule has 0 rings (SSSR count). The summed E-state index contributed by atoms with van der Waals surface area (Å²) in [6, 6.07) is 0. The summed E-state index contributed by atoms with van der Waals surface area (Å²) in [5.41, 5.74) is 7.45. The van der Waals surface area contributed by atoms with Crippen LogP contribution < -0.4 is 0 Å². The third-order valence-electron chi connectivity index (χ3n) is 0.899. The minimum atomic E-state index is -0.465. The monoisotopic (exact) mass is 323 g/mol. The van der Waals surface area contributed by atoms with Crippen molar-refractivity contribution in [2.45, 2.75) is 32.8 Å². The first-order valence-corrected chi connectivity index (χ1v) is 4.25. The molecule has 0 radical (unpaired) electrons. The van der Waals surface area contributed by atoms with Gasteiger partial charge in [0, 0.05) is 48.1 Å². The number of halogens is 8. The van der Waals surface area contributed by atoms with Crippen molar-refractivity contribution in [1.29, 1.82) is 0 Å². The van der Waals surface area contributed by atoms with Crippen LogP contribution in [0.5, 0.6) is 0 Å². The molecule has 0 aliphatic rings. The van der Waals surface area contributed by atoms with Crippen LogP contribution >= 0.6 is 0 Å². The van der Waals surface area contributed by atoms with Crippen LogP contribution in [0.1, 0.15) is 27.2 Å². The third kappa shape index (κ3) is 55.6. The molecule has 20 heavy (non-hydrogen) atoms. The molecule has 0 aromatic rings. The molecular formula is C7H13F8N3O2. The second kappa shape index (κ2) is 30.3. The van der Waals surface area contributed by atoms with Gasteiger partial charge in [-0.1, -0.05) is 5.11 Å². The van der Waals surface area contributed by atoms with E-state index >= 15 is 0 Å². The summed E-state index contributed by atoms with van der Waals surface area (Å²) in [5, 5.41) is 3.22. The number of hydrogen-bond donors (Lipinski definition) is 0. The molecule has 5 nitrogen and oxygen atoms in total. The zero-order valence-electron chi connectivity index (χ0n) is 10.6. The fourth-order valence-corrected chi connectivity index (χ4v) is 0.579. The predicted molar refractivity (Wildman–Crippen MR) is 53.3 cm³/mol. The van der Waals surface area contributed by atoms with Crippen molar-refractivity contribution in [1.82, 2.24) is 0 Å². The molecule has 0 fully saturated rings. The van der Waals surface area contributed by atoms with Gasteiger partial charge in [-0.3, -0.25) is 4.79 Å². The van der Waals surface area contributed by atoms with Gasteiger partial charge in [0.15, 0.2) is 0 Å². The Balaban J connectivity index is -0.0000000799. The Morgan fingerprint density at radius 3 is 1.65 bits per heavy atom. The topological polar surface area (TPSA) is 75.1 Å². The summed E-state index contributed by atoms with van der Waals surface area (Å²) < 4.78 is 69.0. The quantitative estimate of drug-likeness (QED) is 0.229. The largest absolute Gasteiger partial charge is 0.460 e. The van der Waals surface area contributed by atoms with E-state index in [1.807, 2.05) is 0 Å². The van der Waals surface area contributed by atoms with Crippen molar-refractivity contribution >= 4 is 5.97 Å². The van der Waals surface area contributed by atoms with Crippen LogP contribution in [0.2, 0.25) is 0 Å². The van der Waals surface area contributed by atoms with Crippen LogP contribution in [-0.4, -0.2) is 18.1 Å². The molecule has 0 aromatic heterocycles. The average Bonchev–Trinajstić information content (AvgIpc) is 2.46. The van der Waals surface area contributed by atoms with Crippen LogP contribution in [0.25, 0.3) is 10.4 Å². The molecular weight excluding hydrogens is 310 g/mol. The predicted octanol–water partition coefficient (Wildman–Crippen LogP) is 5.39. The number of azide groups is 1. The van der Waals surface area contributed by atoms with Crippen LogP contribution in [-0.2, 0) is 9.53 Å². The van der Waals surface area contributed by atoms with Crippen LogP contribution in [0, 0.1) is 0 Å². The lowest BCUT2D eigenvalue weighted by Crippen LogP contribution is -2.24. The number of esters is 1. The molecule has 0 spiro atoms. The molecule has 0 bridgehead atoms. The number of carbonyl (C=O) groups excluding carboxylic acids is 1. The van der Waals surface area contributed by atoms with Gasteiger partial charge < -0.3 is 4.74 Å². The first-order chi connectivity index (χ1) is 9.45. The van der Waals surface area contributed by atoms with Crippen molar-refractivity contribution in [3.8, 4) is 0 Å². The molecule has 124 valence electrons. The second-order valence-electron chi connectivity index (χ2n) is 3.29. The normalized spacial score (nSPS) is 7.35. The lowest BCUT2D eigenvalue weighted by Gasteiger charge is -2.18. The van der Waals surface area contributed by atoms with Gasteiger partial charge >= 0.3 is 5.97 Å². The standard InChI is InChI=1S/C7H13N3O2.4F2/c1-7(2,3)12-6(11)4-5-9-10-8;4*1-2/h4-5H2,1-3H3;;;;. The van der Waals surface area contributed by atoms with Crippen molar-refractivity contribution in [3.63, 3.8) is 0 Å². The highest BCUT2D eigenvalue weighted by Gasteiger charge is 2.15. The summed E-state index contributed by atoms with van der Waals surface area (Å²) in [4.78, 5) is 13.4. The number of ether oxygens (including phenoxy) is 1. The molecule has 0 saturated carbocycles. The van der Waals surface area contributed by atoms with E-state index in [-0.39, 0.29) is 18.9 Å². The van der Waals surface area contributed by atoms with Crippen LogP contribution in [0.15, 0.2) is 5.11 Å². The maximum atomic E-state index is 10.9. The van der Waals surface area contributed by atoms with Gasteiger partial charge in [-0.2, -0.15) is 0 Å². The molecule has 0 aliphatic carbocycles. The van der Waals surface area contributed by atoms with E-state index in [1.165, 1.54) is 0 Å². The zero-order chi connectivity index (χ0) is 17.6. The van der Waals surface area contributed by atoms with E-state index in [0.717, 1.165) is 0 Å². The first-order valence-electron chi connectivity index (χ1n) is 4.25. The summed E-state index contributed by atoms with van der Waals surface area (Å²) >= 11 is 0. The van der Waals surface area contributed by atoms with Crippen molar-refractivity contribution < 1.29 is 46.1 Å². The molecule has 0 heterocycles. The first kappa shape index (κ1) is 30.9. The smallest absolute Gasteiger partial charge is 0.306 e. The fraction of sp³-hybridized carbons (Fsp3) is 0.857. The summed E-state index contributed by atoms with van der Waals surface area (Å²) in [6.07, 6.45) is 0.140. The highest BCUT2D eigenvalue weighted by Crippen LogP contribution is 2.07. The lowest BCUT2D eigenvalue weighted by atomic mass is 10.2. The molecule has 13 heteroatoms. The average molecular weight is 323 g/mol. The molecule has 0 aliphatic heterocycles. The molecule has 0 aromatic carbocycles. The van der Waals surface area contributed by atoms with Crippen molar-refractivity contribution in [2.24, 2.45) is 5.11 Å². The Bertz CT molecular complexity index is 221. The summed E-state index contributed by atoms with van der Waals surface area (Å²) in [6.45, 7) is 5.53. The molecule has 0 atom stereocenters. The van der Waals surface area contributed by atoms with Gasteiger partial charge in [0.25, 0.3) is 0 Å². The zero-order valence-corrected chi connectivity index (χ0v) is 10.6. The van der Waals surface area contributed by atoms with E-state index in [0.29, 0.717) is 0 Å². The lowest BCUT2D eigenvalue weighted by molar-refractivity contribution is -0.154. The SMILES string of the molecule is CC(C)(C)OC(=O)CCN=[N+]=[N-].FF.FF.FF.FF. The van der Waals surface area contributed by atoms with Gasteiger partial charge in [0.1, 0.15) is 5.60 Å². The fourth-order valence-electron chi connectivity index (χ4n) is 0.579. The minimum Gasteiger partial charge on any atom is -0.460 e. The highest BCUT2D eigenvalue weighted by molar-refractivity contribution is 5.70. The second-order valence-corrected chi connectivity index (χ2v) is 3.29. The summed E-state index contributed by atoms with van der Waals surface area (Å²) in [5.74, 6) is -0.338. The van der Waals surface area contributed by atoms with E-state index < -0.39 is 5.60 Å². The van der Waals surface area contributed by atoms with Gasteiger partial charge in [0.2, 0.25) is 0 Å². The van der Waals surface area contributed by atoms with E-state index in [1.54, 1.807) is 20.8 Å². The van der Waals surface area contributed by atoms with Crippen LogP contribution in [0.3, 0.4) is 0 Å². The Morgan fingerprint density at radius 2 is 1.40 bits per heavy atom. The number of nitrogens with zero attached hydrogens (tertiary/aromatic N) is 3. The molecule has 0 saturated heterocycles. The van der Waals surface area contributed by atoms with Crippen molar-refractivity contribution in [2.75, 3.05) is 6.54 Å². The maximum absolute atomic E-state index is 10.9. The Hall–Kier alpha value is -1.78. The molecule has 0 N–H and O–H groups in total.